The summed E-state index contributed by atoms with van der Waals surface area (Å²) in [6.45, 7) is 5.95. The number of rotatable bonds is 4. The monoisotopic (exact) mass is 232 g/mol. The fraction of sp³-hybridized carbons (Fsp3) is 0.600. The maximum Gasteiger partial charge on any atom is 0.469 e. The molecule has 2 N–H and O–H groups in total. The van der Waals surface area contributed by atoms with Gasteiger partial charge in [-0.25, -0.2) is 4.57 Å². The van der Waals surface area contributed by atoms with Gasteiger partial charge < -0.3 is 9.79 Å². The van der Waals surface area contributed by atoms with Crippen molar-refractivity contribution < 1.29 is 18.9 Å². The van der Waals surface area contributed by atoms with E-state index in [1.54, 1.807) is 0 Å². The molecule has 0 aromatic carbocycles. The Bertz CT molecular complexity index is 315. The molecule has 0 saturated heterocycles. The first-order valence-electron chi connectivity index (χ1n) is 4.92. The quantitative estimate of drug-likeness (QED) is 0.577. The van der Waals surface area contributed by atoms with E-state index in [2.05, 4.69) is 11.1 Å². The molecule has 0 aromatic rings. The molecule has 15 heavy (non-hydrogen) atoms. The summed E-state index contributed by atoms with van der Waals surface area (Å²) in [5.74, 6) is 0.504. The fourth-order valence-corrected chi connectivity index (χ4v) is 1.97. The smallest absolute Gasteiger partial charge is 0.303 e. The molecule has 0 unspecified atom stereocenters. The van der Waals surface area contributed by atoms with E-state index >= 15 is 0 Å². The van der Waals surface area contributed by atoms with Crippen molar-refractivity contribution in [3.63, 3.8) is 0 Å². The molecule has 1 atom stereocenters. The molecule has 1 aliphatic carbocycles. The van der Waals surface area contributed by atoms with Crippen LogP contribution < -0.4 is 0 Å². The van der Waals surface area contributed by atoms with Crippen molar-refractivity contribution in [3.05, 3.63) is 23.8 Å². The van der Waals surface area contributed by atoms with Gasteiger partial charge in [-0.3, -0.25) is 4.52 Å². The molecule has 0 spiro atoms. The van der Waals surface area contributed by atoms with E-state index in [9.17, 15) is 4.57 Å². The molecule has 0 amide bonds. The van der Waals surface area contributed by atoms with E-state index in [-0.39, 0.29) is 6.61 Å². The SMILES string of the molecule is C=C(C)[C@H]1CC=C(COP(=O)(O)O)CC1. The average Bonchev–Trinajstić information content (AvgIpc) is 2.14. The Hall–Kier alpha value is -0.410. The summed E-state index contributed by atoms with van der Waals surface area (Å²) in [6, 6.07) is 0. The third-order valence-corrected chi connectivity index (χ3v) is 3.09. The molecule has 1 aliphatic rings. The molecule has 0 saturated carbocycles. The van der Waals surface area contributed by atoms with Gasteiger partial charge in [0.15, 0.2) is 0 Å². The van der Waals surface area contributed by atoms with Gasteiger partial charge in [-0.05, 0) is 37.7 Å². The fourth-order valence-electron chi connectivity index (χ4n) is 1.63. The lowest BCUT2D eigenvalue weighted by molar-refractivity contribution is 0.208. The highest BCUT2D eigenvalue weighted by atomic mass is 31.2. The molecule has 0 radical (unpaired) electrons. The second-order valence-corrected chi connectivity index (χ2v) is 5.18. The van der Waals surface area contributed by atoms with Crippen LogP contribution in [0.15, 0.2) is 23.8 Å². The Kier molecular flexibility index (Phi) is 4.29. The Balaban J connectivity index is 2.41. The molecule has 0 fully saturated rings. The van der Waals surface area contributed by atoms with E-state index < -0.39 is 7.82 Å². The summed E-state index contributed by atoms with van der Waals surface area (Å²) >= 11 is 0. The van der Waals surface area contributed by atoms with Crippen LogP contribution >= 0.6 is 7.82 Å². The Morgan fingerprint density at radius 3 is 2.80 bits per heavy atom. The van der Waals surface area contributed by atoms with Crippen LogP contribution in [-0.2, 0) is 9.09 Å². The van der Waals surface area contributed by atoms with Crippen LogP contribution in [0, 0.1) is 5.92 Å². The van der Waals surface area contributed by atoms with Crippen molar-refractivity contribution in [1.82, 2.24) is 0 Å². The second-order valence-electron chi connectivity index (χ2n) is 3.94. The van der Waals surface area contributed by atoms with Crippen LogP contribution in [0.1, 0.15) is 26.2 Å². The molecular weight excluding hydrogens is 215 g/mol. The van der Waals surface area contributed by atoms with E-state index in [1.807, 2.05) is 13.0 Å². The molecule has 5 heteroatoms. The zero-order chi connectivity index (χ0) is 11.5. The van der Waals surface area contributed by atoms with Gasteiger partial charge in [0.2, 0.25) is 0 Å². The number of hydrogen-bond donors (Lipinski definition) is 2. The first-order valence-corrected chi connectivity index (χ1v) is 6.45. The zero-order valence-electron chi connectivity index (χ0n) is 8.85. The summed E-state index contributed by atoms with van der Waals surface area (Å²) in [4.78, 5) is 17.1. The van der Waals surface area contributed by atoms with E-state index in [0.29, 0.717) is 5.92 Å². The first-order chi connectivity index (χ1) is 6.88. The third-order valence-electron chi connectivity index (χ3n) is 2.62. The van der Waals surface area contributed by atoms with Gasteiger partial charge in [-0.1, -0.05) is 18.2 Å². The summed E-state index contributed by atoms with van der Waals surface area (Å²) in [5, 5.41) is 0. The van der Waals surface area contributed by atoms with Crippen molar-refractivity contribution in [3.8, 4) is 0 Å². The molecule has 86 valence electrons. The number of phosphoric ester groups is 1. The highest BCUT2D eigenvalue weighted by Gasteiger charge is 2.18. The maximum absolute atomic E-state index is 10.5. The minimum Gasteiger partial charge on any atom is -0.303 e. The van der Waals surface area contributed by atoms with Gasteiger partial charge in [0.1, 0.15) is 0 Å². The summed E-state index contributed by atoms with van der Waals surface area (Å²) < 4.78 is 14.9. The van der Waals surface area contributed by atoms with Crippen LogP contribution in [-0.4, -0.2) is 16.4 Å². The van der Waals surface area contributed by atoms with E-state index in [0.717, 1.165) is 24.8 Å². The topological polar surface area (TPSA) is 66.8 Å². The number of phosphoric acid groups is 1. The minimum absolute atomic E-state index is 0.0349. The molecule has 4 nitrogen and oxygen atoms in total. The zero-order valence-corrected chi connectivity index (χ0v) is 9.74. The van der Waals surface area contributed by atoms with Crippen molar-refractivity contribution >= 4 is 7.82 Å². The normalized spacial score (nSPS) is 22.3. The van der Waals surface area contributed by atoms with E-state index in [4.69, 9.17) is 9.79 Å². The van der Waals surface area contributed by atoms with Gasteiger partial charge >= 0.3 is 7.82 Å². The van der Waals surface area contributed by atoms with Crippen LogP contribution in [0.5, 0.6) is 0 Å². The van der Waals surface area contributed by atoms with Crippen molar-refractivity contribution in [1.29, 1.82) is 0 Å². The summed E-state index contributed by atoms with van der Waals surface area (Å²) in [5.41, 5.74) is 2.14. The second kappa shape index (κ2) is 5.08. The van der Waals surface area contributed by atoms with Gasteiger partial charge in [-0.15, -0.1) is 0 Å². The molecular formula is C10H17O4P. The average molecular weight is 232 g/mol. The minimum atomic E-state index is -4.33. The molecule has 0 aliphatic heterocycles. The molecule has 0 aromatic heterocycles. The van der Waals surface area contributed by atoms with Gasteiger partial charge in [0.05, 0.1) is 6.61 Å². The third kappa shape index (κ3) is 4.76. The van der Waals surface area contributed by atoms with Crippen LogP contribution in [0.4, 0.5) is 0 Å². The van der Waals surface area contributed by atoms with Crippen molar-refractivity contribution in [2.24, 2.45) is 5.92 Å². The van der Waals surface area contributed by atoms with Gasteiger partial charge in [0.25, 0.3) is 0 Å². The standard InChI is InChI=1S/C10H17O4P/c1-8(2)10-5-3-9(4-6-10)7-14-15(11,12)13/h3,10H,1,4-7H2,2H3,(H2,11,12,13)/t10-/m0/s1. The van der Waals surface area contributed by atoms with Crippen molar-refractivity contribution in [2.75, 3.05) is 6.61 Å². The van der Waals surface area contributed by atoms with Gasteiger partial charge in [0, 0.05) is 0 Å². The van der Waals surface area contributed by atoms with Crippen LogP contribution in [0.3, 0.4) is 0 Å². The number of allylic oxidation sites excluding steroid dienone is 2. The lowest BCUT2D eigenvalue weighted by Crippen LogP contribution is -2.09. The first kappa shape index (κ1) is 12.7. The summed E-state index contributed by atoms with van der Waals surface area (Å²) in [7, 11) is -4.33. The summed E-state index contributed by atoms with van der Waals surface area (Å²) in [6.07, 6.45) is 4.72. The number of hydrogen-bond acceptors (Lipinski definition) is 2. The lowest BCUT2D eigenvalue weighted by atomic mass is 9.86. The highest BCUT2D eigenvalue weighted by Crippen LogP contribution is 2.37. The predicted octanol–water partition coefficient (Wildman–Crippen LogP) is 2.40. The van der Waals surface area contributed by atoms with Crippen molar-refractivity contribution in [2.45, 2.75) is 26.2 Å². The van der Waals surface area contributed by atoms with Gasteiger partial charge in [-0.2, -0.15) is 0 Å². The van der Waals surface area contributed by atoms with E-state index in [1.165, 1.54) is 5.57 Å². The Morgan fingerprint density at radius 2 is 2.40 bits per heavy atom. The Morgan fingerprint density at radius 1 is 1.73 bits per heavy atom. The molecule has 0 heterocycles. The van der Waals surface area contributed by atoms with Crippen LogP contribution in [0.2, 0.25) is 0 Å². The lowest BCUT2D eigenvalue weighted by Gasteiger charge is -2.22. The molecule has 1 rings (SSSR count). The molecule has 0 bridgehead atoms. The maximum atomic E-state index is 10.5. The Labute approximate surface area is 89.9 Å². The van der Waals surface area contributed by atoms with Crippen LogP contribution in [0.25, 0.3) is 0 Å². The predicted molar refractivity (Wildman–Crippen MR) is 58.2 cm³/mol. The largest absolute Gasteiger partial charge is 0.469 e. The highest BCUT2D eigenvalue weighted by molar-refractivity contribution is 7.46.